The SMILES string of the molecule is CCOC(=O)N[C@]12CCC(C)(C)C[C@@H]1C1C(=O)C=C3[C@@]4(C)C=C(C#N)C(=O)[C@@H](C)[C@@H]4CC[C@@]3(C)[C@]1(C)CC2. The number of carbonyl (C=O) groups excluding carboxylic acids is 3. The first kappa shape index (κ1) is 27.2. The molecule has 3 fully saturated rings. The van der Waals surface area contributed by atoms with E-state index in [0.717, 1.165) is 50.5 Å². The van der Waals surface area contributed by atoms with E-state index in [1.165, 1.54) is 0 Å². The van der Waals surface area contributed by atoms with E-state index in [4.69, 9.17) is 4.74 Å². The summed E-state index contributed by atoms with van der Waals surface area (Å²) >= 11 is 0. The highest BCUT2D eigenvalue weighted by Crippen LogP contribution is 2.72. The smallest absolute Gasteiger partial charge is 0.407 e. The number of hydrogen-bond acceptors (Lipinski definition) is 5. The van der Waals surface area contributed by atoms with Gasteiger partial charge in [0.15, 0.2) is 11.6 Å². The van der Waals surface area contributed by atoms with Crippen LogP contribution in [-0.4, -0.2) is 29.8 Å². The number of nitrogens with one attached hydrogen (secondary N) is 1. The minimum atomic E-state index is -0.501. The van der Waals surface area contributed by atoms with E-state index in [0.29, 0.717) is 6.61 Å². The van der Waals surface area contributed by atoms with Crippen LogP contribution >= 0.6 is 0 Å². The molecule has 0 bridgehead atoms. The number of hydrogen-bond donors (Lipinski definition) is 1. The normalized spacial score (nSPS) is 45.2. The zero-order valence-electron chi connectivity index (χ0n) is 24.2. The van der Waals surface area contributed by atoms with Crippen molar-refractivity contribution < 1.29 is 19.1 Å². The quantitative estimate of drug-likeness (QED) is 0.460. The van der Waals surface area contributed by atoms with Crippen LogP contribution < -0.4 is 5.32 Å². The molecule has 0 heterocycles. The van der Waals surface area contributed by atoms with Gasteiger partial charge in [0, 0.05) is 22.8 Å². The van der Waals surface area contributed by atoms with Gasteiger partial charge in [-0.2, -0.15) is 5.26 Å². The molecule has 0 aliphatic heterocycles. The van der Waals surface area contributed by atoms with Gasteiger partial charge in [-0.05, 0) is 86.0 Å². The molecule has 0 radical (unpaired) electrons. The minimum Gasteiger partial charge on any atom is -0.450 e. The number of alkyl carbamates (subject to hydrolysis) is 1. The summed E-state index contributed by atoms with van der Waals surface area (Å²) in [6.07, 6.45) is 9.63. The highest BCUT2D eigenvalue weighted by molar-refractivity contribution is 6.02. The molecule has 206 valence electrons. The second-order valence-electron chi connectivity index (χ2n) is 14.4. The lowest BCUT2D eigenvalue weighted by atomic mass is 9.36. The zero-order valence-corrected chi connectivity index (χ0v) is 24.2. The molecule has 5 rings (SSSR count). The van der Waals surface area contributed by atoms with E-state index < -0.39 is 11.0 Å². The molecule has 0 saturated heterocycles. The molecule has 3 saturated carbocycles. The molecule has 1 unspecified atom stereocenters. The van der Waals surface area contributed by atoms with E-state index >= 15 is 0 Å². The van der Waals surface area contributed by atoms with Crippen LogP contribution in [0.4, 0.5) is 4.79 Å². The van der Waals surface area contributed by atoms with Gasteiger partial charge in [0.2, 0.25) is 0 Å². The van der Waals surface area contributed by atoms with E-state index in [1.54, 1.807) is 0 Å². The molecule has 5 aliphatic rings. The fraction of sp³-hybridized carbons (Fsp3) is 0.750. The molecule has 0 aromatic heterocycles. The number of nitrogens with zero attached hydrogens (tertiary/aromatic N) is 1. The van der Waals surface area contributed by atoms with Crippen LogP contribution in [0.3, 0.4) is 0 Å². The number of amides is 1. The summed E-state index contributed by atoms with van der Waals surface area (Å²) in [4.78, 5) is 40.1. The fourth-order valence-corrected chi connectivity index (χ4v) is 9.84. The second-order valence-corrected chi connectivity index (χ2v) is 14.4. The number of fused-ring (bicyclic) bond motifs is 7. The lowest BCUT2D eigenvalue weighted by Gasteiger charge is -2.68. The largest absolute Gasteiger partial charge is 0.450 e. The molecular formula is C32H44N2O4. The highest BCUT2D eigenvalue weighted by Gasteiger charge is 2.69. The van der Waals surface area contributed by atoms with Crippen molar-refractivity contribution in [2.24, 2.45) is 45.3 Å². The van der Waals surface area contributed by atoms with Gasteiger partial charge in [-0.3, -0.25) is 9.59 Å². The monoisotopic (exact) mass is 520 g/mol. The van der Waals surface area contributed by atoms with Crippen LogP contribution in [0.25, 0.3) is 0 Å². The first-order chi connectivity index (χ1) is 17.7. The number of allylic oxidation sites excluding steroid dienone is 4. The van der Waals surface area contributed by atoms with E-state index in [9.17, 15) is 19.6 Å². The van der Waals surface area contributed by atoms with Crippen molar-refractivity contribution in [2.75, 3.05) is 6.61 Å². The lowest BCUT2D eigenvalue weighted by Crippen LogP contribution is -2.69. The predicted molar refractivity (Wildman–Crippen MR) is 145 cm³/mol. The molecule has 0 aromatic rings. The van der Waals surface area contributed by atoms with Crippen molar-refractivity contribution in [3.8, 4) is 6.07 Å². The molecule has 0 aromatic carbocycles. The summed E-state index contributed by atoms with van der Waals surface area (Å²) < 4.78 is 5.34. The molecule has 0 spiro atoms. The Labute approximate surface area is 227 Å². The minimum absolute atomic E-state index is 0.0270. The number of Topliss-reactive ketones (excluding diaryl/α,β-unsaturated/α-hetero) is 1. The Kier molecular flexibility index (Phi) is 6.10. The Bertz CT molecular complexity index is 1190. The van der Waals surface area contributed by atoms with Crippen molar-refractivity contribution >= 4 is 17.7 Å². The Balaban J connectivity index is 1.64. The van der Waals surface area contributed by atoms with Gasteiger partial charge in [0.05, 0.1) is 12.2 Å². The molecule has 1 N–H and O–H groups in total. The van der Waals surface area contributed by atoms with Crippen molar-refractivity contribution in [3.63, 3.8) is 0 Å². The van der Waals surface area contributed by atoms with Gasteiger partial charge in [-0.15, -0.1) is 0 Å². The Morgan fingerprint density at radius 2 is 1.76 bits per heavy atom. The van der Waals surface area contributed by atoms with Crippen molar-refractivity contribution in [3.05, 3.63) is 23.3 Å². The maximum atomic E-state index is 14.4. The van der Waals surface area contributed by atoms with Gasteiger partial charge in [-0.1, -0.05) is 53.2 Å². The third-order valence-corrected chi connectivity index (χ3v) is 12.1. The van der Waals surface area contributed by atoms with Crippen LogP contribution in [0.15, 0.2) is 23.3 Å². The van der Waals surface area contributed by atoms with Gasteiger partial charge < -0.3 is 10.1 Å². The first-order valence-electron chi connectivity index (χ1n) is 14.6. The van der Waals surface area contributed by atoms with Crippen LogP contribution in [-0.2, 0) is 14.3 Å². The number of ether oxygens (including phenoxy) is 1. The summed E-state index contributed by atoms with van der Waals surface area (Å²) in [5.74, 6) is -0.246. The summed E-state index contributed by atoms with van der Waals surface area (Å²) in [6, 6.07) is 2.15. The van der Waals surface area contributed by atoms with Crippen LogP contribution in [0, 0.1) is 56.7 Å². The van der Waals surface area contributed by atoms with Crippen LogP contribution in [0.5, 0.6) is 0 Å². The molecule has 6 heteroatoms. The van der Waals surface area contributed by atoms with E-state index in [1.807, 2.05) is 26.0 Å². The summed E-state index contributed by atoms with van der Waals surface area (Å²) in [5, 5.41) is 13.1. The van der Waals surface area contributed by atoms with Gasteiger partial charge in [0.25, 0.3) is 0 Å². The highest BCUT2D eigenvalue weighted by atomic mass is 16.5. The van der Waals surface area contributed by atoms with E-state index in [-0.39, 0.29) is 63.1 Å². The summed E-state index contributed by atoms with van der Waals surface area (Å²) in [7, 11) is 0. The number of carbonyl (C=O) groups is 3. The topological polar surface area (TPSA) is 96.3 Å². The zero-order chi connectivity index (χ0) is 27.9. The Morgan fingerprint density at radius 3 is 2.42 bits per heavy atom. The number of rotatable bonds is 2. The van der Waals surface area contributed by atoms with Crippen molar-refractivity contribution in [1.82, 2.24) is 5.32 Å². The maximum absolute atomic E-state index is 14.4. The lowest BCUT2D eigenvalue weighted by molar-refractivity contribution is -0.159. The molecule has 38 heavy (non-hydrogen) atoms. The molecule has 1 amide bonds. The Morgan fingerprint density at radius 1 is 1.08 bits per heavy atom. The van der Waals surface area contributed by atoms with Crippen LogP contribution in [0.1, 0.15) is 93.4 Å². The third-order valence-electron chi connectivity index (χ3n) is 12.1. The molecular weight excluding hydrogens is 476 g/mol. The average molecular weight is 521 g/mol. The van der Waals surface area contributed by atoms with E-state index in [2.05, 4.69) is 46.0 Å². The molecule has 8 atom stereocenters. The molecule has 6 nitrogen and oxygen atoms in total. The first-order valence-corrected chi connectivity index (χ1v) is 14.6. The van der Waals surface area contributed by atoms with Crippen molar-refractivity contribution in [1.29, 1.82) is 5.26 Å². The van der Waals surface area contributed by atoms with Gasteiger partial charge in [0.1, 0.15) is 6.07 Å². The average Bonchev–Trinajstić information content (AvgIpc) is 2.84. The third kappa shape index (κ3) is 3.52. The number of nitriles is 1. The second kappa shape index (κ2) is 8.54. The van der Waals surface area contributed by atoms with Gasteiger partial charge in [-0.25, -0.2) is 4.79 Å². The fourth-order valence-electron chi connectivity index (χ4n) is 9.84. The van der Waals surface area contributed by atoms with Crippen molar-refractivity contribution in [2.45, 2.75) is 99.0 Å². The van der Waals surface area contributed by atoms with Crippen LogP contribution in [0.2, 0.25) is 0 Å². The maximum Gasteiger partial charge on any atom is 0.407 e. The molecule has 5 aliphatic carbocycles. The standard InChI is InChI=1S/C32H44N2O4/c1-8-38-27(37)34-32-13-11-28(3,4)17-22(32)25-23(35)15-24-29(5)16-20(18-33)26(36)19(2)21(29)9-10-30(24,6)31(25,7)12-14-32/h15-16,19,21-22,25H,8-14,17H2,1-7H3,(H,34,37)/t19-,21-,22+,25?,29-,30+,31+,32-/m0/s1. The Hall–Kier alpha value is -2.42. The van der Waals surface area contributed by atoms with Gasteiger partial charge >= 0.3 is 6.09 Å². The number of ketones is 2. The predicted octanol–water partition coefficient (Wildman–Crippen LogP) is 6.31. The summed E-state index contributed by atoms with van der Waals surface area (Å²) in [5.41, 5.74) is -0.0459. The summed E-state index contributed by atoms with van der Waals surface area (Å²) in [6.45, 7) is 15.5.